The van der Waals surface area contributed by atoms with Gasteiger partial charge in [-0.05, 0) is 19.1 Å². The van der Waals surface area contributed by atoms with Crippen LogP contribution in [0, 0.1) is 6.92 Å². The molecule has 1 aromatic carbocycles. The number of likely N-dealkylation sites (tertiary alicyclic amines) is 1. The van der Waals surface area contributed by atoms with Crippen LogP contribution in [0.4, 0.5) is 0 Å². The molecule has 1 aliphatic rings. The Hall–Kier alpha value is -1.35. The molecule has 0 unspecified atom stereocenters. The molecule has 1 aromatic heterocycles. The molecule has 5 nitrogen and oxygen atoms in total. The van der Waals surface area contributed by atoms with Crippen LogP contribution in [-0.4, -0.2) is 42.1 Å². The molecule has 2 aromatic rings. The maximum absolute atomic E-state index is 6.05. The van der Waals surface area contributed by atoms with Crippen molar-refractivity contribution in [3.05, 3.63) is 46.4 Å². The van der Waals surface area contributed by atoms with E-state index in [0.717, 1.165) is 49.2 Å². The number of benzene rings is 1. The minimum absolute atomic E-state index is 0. The highest BCUT2D eigenvalue weighted by molar-refractivity contribution is 14.0. The number of ether oxygens (including phenoxy) is 1. The van der Waals surface area contributed by atoms with E-state index in [-0.39, 0.29) is 30.1 Å². The lowest BCUT2D eigenvalue weighted by Crippen LogP contribution is -2.47. The first kappa shape index (κ1) is 20.0. The van der Waals surface area contributed by atoms with Crippen LogP contribution >= 0.6 is 35.3 Å². The standard InChI is InChI=1S/C18H24N4OS.HI/c1-14-12-20-17(24-14)13-21-18(19-2)22-10-8-16(9-11-22)23-15-6-4-3-5-7-15;/h3-7,12,16H,8-11,13H2,1-2H3,(H,19,21);1H. The third-order valence-corrected chi connectivity index (χ3v) is 4.98. The van der Waals surface area contributed by atoms with Gasteiger partial charge in [0.2, 0.25) is 0 Å². The lowest BCUT2D eigenvalue weighted by atomic mass is 10.1. The highest BCUT2D eigenvalue weighted by Gasteiger charge is 2.22. The Morgan fingerprint density at radius 2 is 2.04 bits per heavy atom. The summed E-state index contributed by atoms with van der Waals surface area (Å²) in [6, 6.07) is 10.1. The largest absolute Gasteiger partial charge is 0.490 e. The van der Waals surface area contributed by atoms with Crippen LogP contribution in [0.2, 0.25) is 0 Å². The van der Waals surface area contributed by atoms with Crippen LogP contribution < -0.4 is 10.1 Å². The van der Waals surface area contributed by atoms with Gasteiger partial charge in [-0.1, -0.05) is 18.2 Å². The van der Waals surface area contributed by atoms with E-state index >= 15 is 0 Å². The summed E-state index contributed by atoms with van der Waals surface area (Å²) >= 11 is 1.72. The molecule has 2 heterocycles. The zero-order valence-corrected chi connectivity index (χ0v) is 17.8. The second-order valence-electron chi connectivity index (χ2n) is 5.88. The number of para-hydroxylation sites is 1. The van der Waals surface area contributed by atoms with Crippen LogP contribution in [0.25, 0.3) is 0 Å². The number of nitrogens with one attached hydrogen (secondary N) is 1. The Morgan fingerprint density at radius 1 is 1.32 bits per heavy atom. The fourth-order valence-electron chi connectivity index (χ4n) is 2.85. The van der Waals surface area contributed by atoms with Crippen LogP contribution in [0.5, 0.6) is 5.75 Å². The number of thiazole rings is 1. The van der Waals surface area contributed by atoms with Crippen molar-refractivity contribution in [2.75, 3.05) is 20.1 Å². The number of rotatable bonds is 4. The Morgan fingerprint density at radius 3 is 2.64 bits per heavy atom. The number of nitrogens with zero attached hydrogens (tertiary/aromatic N) is 3. The van der Waals surface area contributed by atoms with Crippen molar-refractivity contribution in [1.82, 2.24) is 15.2 Å². The van der Waals surface area contributed by atoms with Crippen molar-refractivity contribution in [1.29, 1.82) is 0 Å². The van der Waals surface area contributed by atoms with E-state index in [1.807, 2.05) is 43.6 Å². The Labute approximate surface area is 170 Å². The molecule has 0 bridgehead atoms. The van der Waals surface area contributed by atoms with Gasteiger partial charge in [-0.2, -0.15) is 0 Å². The Balaban J connectivity index is 0.00000225. The van der Waals surface area contributed by atoms with Gasteiger partial charge in [-0.3, -0.25) is 4.99 Å². The summed E-state index contributed by atoms with van der Waals surface area (Å²) in [7, 11) is 1.84. The average Bonchev–Trinajstić information content (AvgIpc) is 3.03. The van der Waals surface area contributed by atoms with Crippen LogP contribution in [0.3, 0.4) is 0 Å². The molecule has 0 aliphatic carbocycles. The number of halogens is 1. The molecule has 25 heavy (non-hydrogen) atoms. The average molecular weight is 472 g/mol. The van der Waals surface area contributed by atoms with Crippen molar-refractivity contribution in [2.24, 2.45) is 4.99 Å². The van der Waals surface area contributed by atoms with Crippen molar-refractivity contribution in [3.8, 4) is 5.75 Å². The minimum Gasteiger partial charge on any atom is -0.490 e. The number of aliphatic imine (C=N–C) groups is 1. The smallest absolute Gasteiger partial charge is 0.193 e. The summed E-state index contributed by atoms with van der Waals surface area (Å²) in [6.45, 7) is 4.71. The molecule has 1 aliphatic heterocycles. The highest BCUT2D eigenvalue weighted by Crippen LogP contribution is 2.19. The fourth-order valence-corrected chi connectivity index (χ4v) is 3.57. The van der Waals surface area contributed by atoms with E-state index < -0.39 is 0 Å². The van der Waals surface area contributed by atoms with E-state index in [2.05, 4.69) is 27.1 Å². The molecule has 7 heteroatoms. The molecule has 1 fully saturated rings. The number of guanidine groups is 1. The topological polar surface area (TPSA) is 49.8 Å². The van der Waals surface area contributed by atoms with Gasteiger partial charge in [0.1, 0.15) is 16.9 Å². The summed E-state index contributed by atoms with van der Waals surface area (Å²) in [6.07, 6.45) is 4.21. The summed E-state index contributed by atoms with van der Waals surface area (Å²) in [4.78, 5) is 12.3. The number of aromatic nitrogens is 1. The predicted octanol–water partition coefficient (Wildman–Crippen LogP) is 3.69. The molecular formula is C18H25IN4OS. The van der Waals surface area contributed by atoms with Crippen LogP contribution in [0.15, 0.2) is 41.5 Å². The van der Waals surface area contributed by atoms with E-state index in [1.54, 1.807) is 11.3 Å². The Kier molecular flexibility index (Phi) is 7.95. The third kappa shape index (κ3) is 5.85. The van der Waals surface area contributed by atoms with Crippen molar-refractivity contribution in [3.63, 3.8) is 0 Å². The maximum Gasteiger partial charge on any atom is 0.193 e. The number of piperidine rings is 1. The normalized spacial score (nSPS) is 15.6. The molecule has 0 radical (unpaired) electrons. The first-order valence-electron chi connectivity index (χ1n) is 8.33. The van der Waals surface area contributed by atoms with Gasteiger partial charge in [0.25, 0.3) is 0 Å². The fraction of sp³-hybridized carbons (Fsp3) is 0.444. The summed E-state index contributed by atoms with van der Waals surface area (Å²) in [5.41, 5.74) is 0. The molecule has 1 saturated heterocycles. The van der Waals surface area contributed by atoms with E-state index in [0.29, 0.717) is 0 Å². The van der Waals surface area contributed by atoms with Crippen LogP contribution in [-0.2, 0) is 6.54 Å². The van der Waals surface area contributed by atoms with Gasteiger partial charge in [-0.15, -0.1) is 35.3 Å². The SMILES string of the molecule is CN=C(NCc1ncc(C)s1)N1CCC(Oc2ccccc2)CC1.I. The van der Waals surface area contributed by atoms with Gasteiger partial charge < -0.3 is 15.0 Å². The van der Waals surface area contributed by atoms with Gasteiger partial charge in [0.15, 0.2) is 5.96 Å². The van der Waals surface area contributed by atoms with Crippen LogP contribution in [0.1, 0.15) is 22.7 Å². The lowest BCUT2D eigenvalue weighted by molar-refractivity contribution is 0.129. The first-order valence-corrected chi connectivity index (χ1v) is 9.15. The molecule has 1 N–H and O–H groups in total. The van der Waals surface area contributed by atoms with Gasteiger partial charge in [0.05, 0.1) is 6.54 Å². The molecule has 136 valence electrons. The molecule has 3 rings (SSSR count). The number of hydrogen-bond donors (Lipinski definition) is 1. The number of hydrogen-bond acceptors (Lipinski definition) is 4. The Bertz CT molecular complexity index is 669. The van der Waals surface area contributed by atoms with E-state index in [9.17, 15) is 0 Å². The number of aryl methyl sites for hydroxylation is 1. The highest BCUT2D eigenvalue weighted by atomic mass is 127. The first-order chi connectivity index (χ1) is 11.7. The zero-order chi connectivity index (χ0) is 16.8. The van der Waals surface area contributed by atoms with Crippen molar-refractivity contribution < 1.29 is 4.74 Å². The molecule has 0 saturated carbocycles. The lowest BCUT2D eigenvalue weighted by Gasteiger charge is -2.34. The van der Waals surface area contributed by atoms with E-state index in [1.165, 1.54) is 4.88 Å². The van der Waals surface area contributed by atoms with Crippen molar-refractivity contribution >= 4 is 41.3 Å². The second kappa shape index (κ2) is 9.96. The van der Waals surface area contributed by atoms with Gasteiger partial charge >= 0.3 is 0 Å². The third-order valence-electron chi connectivity index (χ3n) is 4.07. The van der Waals surface area contributed by atoms with Gasteiger partial charge in [0, 0.05) is 44.1 Å². The molecule has 0 spiro atoms. The molecule has 0 amide bonds. The van der Waals surface area contributed by atoms with E-state index in [4.69, 9.17) is 4.74 Å². The molecular weight excluding hydrogens is 447 g/mol. The summed E-state index contributed by atoms with van der Waals surface area (Å²) < 4.78 is 6.05. The minimum atomic E-state index is 0. The monoisotopic (exact) mass is 472 g/mol. The second-order valence-corrected chi connectivity index (χ2v) is 7.20. The maximum atomic E-state index is 6.05. The summed E-state index contributed by atoms with van der Waals surface area (Å²) in [5.74, 6) is 1.90. The zero-order valence-electron chi connectivity index (χ0n) is 14.6. The predicted molar refractivity (Wildman–Crippen MR) is 114 cm³/mol. The molecule has 0 atom stereocenters. The quantitative estimate of drug-likeness (QED) is 0.419. The van der Waals surface area contributed by atoms with Crippen molar-refractivity contribution in [2.45, 2.75) is 32.4 Å². The summed E-state index contributed by atoms with van der Waals surface area (Å²) in [5, 5.41) is 4.51. The van der Waals surface area contributed by atoms with Gasteiger partial charge in [-0.25, -0.2) is 4.98 Å².